The first-order chi connectivity index (χ1) is 8.39. The van der Waals surface area contributed by atoms with Crippen LogP contribution >= 0.6 is 0 Å². The summed E-state index contributed by atoms with van der Waals surface area (Å²) in [6.45, 7) is 8.95. The van der Waals surface area contributed by atoms with Gasteiger partial charge in [0.05, 0.1) is 0 Å². The Morgan fingerprint density at radius 2 is 1.61 bits per heavy atom. The minimum Gasteiger partial charge on any atom is -0.204 e. The average Bonchev–Trinajstić information content (AvgIpc) is 2.31. The van der Waals surface area contributed by atoms with Gasteiger partial charge >= 0.3 is 0 Å². The Bertz CT molecular complexity index is 548. The quantitative estimate of drug-likeness (QED) is 0.668. The standard InChI is InChI=1S/C17H22N/c1-13-11-16(17(2,3)4)18(5)12-15(13)14-9-7-6-8-10-14/h6-12H,1-5H3/q+1. The van der Waals surface area contributed by atoms with E-state index in [-0.39, 0.29) is 5.41 Å². The Morgan fingerprint density at radius 3 is 2.17 bits per heavy atom. The molecule has 0 aliphatic rings. The summed E-state index contributed by atoms with van der Waals surface area (Å²) in [6, 6.07) is 12.9. The Balaban J connectivity index is 2.57. The highest BCUT2D eigenvalue weighted by Gasteiger charge is 2.24. The largest absolute Gasteiger partial charge is 0.204 e. The molecule has 1 aromatic carbocycles. The molecule has 0 N–H and O–H groups in total. The molecule has 1 nitrogen and oxygen atoms in total. The Morgan fingerprint density at radius 1 is 1.00 bits per heavy atom. The topological polar surface area (TPSA) is 3.88 Å². The van der Waals surface area contributed by atoms with Crippen molar-refractivity contribution in [2.75, 3.05) is 0 Å². The van der Waals surface area contributed by atoms with Crippen molar-refractivity contribution in [3.63, 3.8) is 0 Å². The zero-order valence-corrected chi connectivity index (χ0v) is 12.0. The van der Waals surface area contributed by atoms with Crippen LogP contribution in [0.4, 0.5) is 0 Å². The monoisotopic (exact) mass is 240 g/mol. The summed E-state index contributed by atoms with van der Waals surface area (Å²) in [7, 11) is 2.13. The second-order valence-electron chi connectivity index (χ2n) is 5.98. The smallest absolute Gasteiger partial charge is 0.186 e. The Labute approximate surface area is 110 Å². The third-order valence-corrected chi connectivity index (χ3v) is 3.33. The van der Waals surface area contributed by atoms with Gasteiger partial charge in [-0.2, -0.15) is 0 Å². The maximum atomic E-state index is 2.31. The predicted molar refractivity (Wildman–Crippen MR) is 76.5 cm³/mol. The maximum Gasteiger partial charge on any atom is 0.186 e. The highest BCUT2D eigenvalue weighted by molar-refractivity contribution is 5.65. The summed E-state index contributed by atoms with van der Waals surface area (Å²) >= 11 is 0. The van der Waals surface area contributed by atoms with E-state index in [1.807, 2.05) is 0 Å². The third-order valence-electron chi connectivity index (χ3n) is 3.33. The van der Waals surface area contributed by atoms with E-state index in [0.717, 1.165) is 0 Å². The number of nitrogens with zero attached hydrogens (tertiary/aromatic N) is 1. The van der Waals surface area contributed by atoms with Crippen LogP contribution in [0.1, 0.15) is 32.0 Å². The lowest BCUT2D eigenvalue weighted by atomic mass is 9.89. The summed E-state index contributed by atoms with van der Waals surface area (Å²) < 4.78 is 2.25. The summed E-state index contributed by atoms with van der Waals surface area (Å²) in [6.07, 6.45) is 2.24. The molecular weight excluding hydrogens is 218 g/mol. The van der Waals surface area contributed by atoms with Crippen LogP contribution in [0, 0.1) is 6.92 Å². The number of pyridine rings is 1. The molecule has 18 heavy (non-hydrogen) atoms. The van der Waals surface area contributed by atoms with Crippen LogP contribution in [0.2, 0.25) is 0 Å². The van der Waals surface area contributed by atoms with E-state index in [4.69, 9.17) is 0 Å². The van der Waals surface area contributed by atoms with E-state index in [0.29, 0.717) is 0 Å². The van der Waals surface area contributed by atoms with E-state index >= 15 is 0 Å². The first kappa shape index (κ1) is 12.8. The number of hydrogen-bond donors (Lipinski definition) is 0. The van der Waals surface area contributed by atoms with Gasteiger partial charge in [0.15, 0.2) is 11.9 Å². The summed E-state index contributed by atoms with van der Waals surface area (Å²) in [4.78, 5) is 0. The highest BCUT2D eigenvalue weighted by Crippen LogP contribution is 2.26. The van der Waals surface area contributed by atoms with Crippen molar-refractivity contribution in [2.45, 2.75) is 33.1 Å². The molecule has 2 aromatic rings. The van der Waals surface area contributed by atoms with Crippen molar-refractivity contribution in [1.82, 2.24) is 0 Å². The minimum atomic E-state index is 0.175. The second-order valence-corrected chi connectivity index (χ2v) is 5.98. The van der Waals surface area contributed by atoms with Gasteiger partial charge in [0, 0.05) is 17.0 Å². The van der Waals surface area contributed by atoms with Gasteiger partial charge in [0.25, 0.3) is 0 Å². The first-order valence-electron chi connectivity index (χ1n) is 6.46. The molecule has 0 saturated heterocycles. The van der Waals surface area contributed by atoms with E-state index in [1.165, 1.54) is 22.4 Å². The number of aromatic nitrogens is 1. The van der Waals surface area contributed by atoms with Gasteiger partial charge in [-0.05, 0) is 18.1 Å². The zero-order chi connectivity index (χ0) is 13.3. The van der Waals surface area contributed by atoms with Gasteiger partial charge in [-0.3, -0.25) is 0 Å². The van der Waals surface area contributed by atoms with Crippen LogP contribution in [-0.2, 0) is 12.5 Å². The number of aryl methyl sites for hydroxylation is 2. The van der Waals surface area contributed by atoms with E-state index < -0.39 is 0 Å². The molecule has 0 bridgehead atoms. The molecule has 2 rings (SSSR count). The van der Waals surface area contributed by atoms with Crippen molar-refractivity contribution in [1.29, 1.82) is 0 Å². The van der Waals surface area contributed by atoms with Crippen LogP contribution in [-0.4, -0.2) is 0 Å². The number of hydrogen-bond acceptors (Lipinski definition) is 0. The molecule has 0 saturated carbocycles. The predicted octanol–water partition coefficient (Wildman–Crippen LogP) is 3.78. The van der Waals surface area contributed by atoms with Crippen LogP contribution in [0.25, 0.3) is 11.1 Å². The SMILES string of the molecule is Cc1cc(C(C)(C)C)[n+](C)cc1-c1ccccc1. The lowest BCUT2D eigenvalue weighted by Crippen LogP contribution is -2.39. The maximum absolute atomic E-state index is 2.31. The summed E-state index contributed by atoms with van der Waals surface area (Å²) in [5.41, 5.74) is 5.47. The Kier molecular flexibility index (Phi) is 3.25. The molecule has 0 unspecified atom stereocenters. The van der Waals surface area contributed by atoms with Gasteiger partial charge < -0.3 is 0 Å². The van der Waals surface area contributed by atoms with Crippen LogP contribution in [0.3, 0.4) is 0 Å². The lowest BCUT2D eigenvalue weighted by Gasteiger charge is -2.17. The average molecular weight is 240 g/mol. The molecule has 0 spiro atoms. The van der Waals surface area contributed by atoms with Gasteiger partial charge in [-0.25, -0.2) is 4.57 Å². The van der Waals surface area contributed by atoms with Crippen molar-refractivity contribution in [2.24, 2.45) is 7.05 Å². The van der Waals surface area contributed by atoms with Crippen molar-refractivity contribution < 1.29 is 4.57 Å². The van der Waals surface area contributed by atoms with Crippen LogP contribution < -0.4 is 4.57 Å². The van der Waals surface area contributed by atoms with Gasteiger partial charge in [-0.15, -0.1) is 0 Å². The minimum absolute atomic E-state index is 0.175. The third kappa shape index (κ3) is 2.45. The van der Waals surface area contributed by atoms with E-state index in [2.05, 4.69) is 81.9 Å². The molecule has 94 valence electrons. The fourth-order valence-electron chi connectivity index (χ4n) is 2.42. The van der Waals surface area contributed by atoms with Crippen LogP contribution in [0.15, 0.2) is 42.6 Å². The van der Waals surface area contributed by atoms with E-state index in [9.17, 15) is 0 Å². The molecule has 0 atom stereocenters. The normalized spacial score (nSPS) is 11.6. The number of benzene rings is 1. The van der Waals surface area contributed by atoms with Crippen LogP contribution in [0.5, 0.6) is 0 Å². The van der Waals surface area contributed by atoms with E-state index in [1.54, 1.807) is 0 Å². The molecule has 1 heterocycles. The molecular formula is C17H22N+. The van der Waals surface area contributed by atoms with Gasteiger partial charge in [0.2, 0.25) is 0 Å². The fourth-order valence-corrected chi connectivity index (χ4v) is 2.42. The van der Waals surface area contributed by atoms with Gasteiger partial charge in [-0.1, -0.05) is 51.1 Å². The molecule has 0 aliphatic heterocycles. The molecule has 0 amide bonds. The molecule has 0 aliphatic carbocycles. The molecule has 1 heteroatoms. The number of rotatable bonds is 1. The van der Waals surface area contributed by atoms with Crippen molar-refractivity contribution >= 4 is 0 Å². The van der Waals surface area contributed by atoms with Gasteiger partial charge in [0.1, 0.15) is 7.05 Å². The van der Waals surface area contributed by atoms with Crippen molar-refractivity contribution in [3.05, 3.63) is 53.9 Å². The molecule has 1 aromatic heterocycles. The molecule has 0 fully saturated rings. The Hall–Kier alpha value is -1.63. The lowest BCUT2D eigenvalue weighted by molar-refractivity contribution is -0.682. The van der Waals surface area contributed by atoms with Crippen molar-refractivity contribution in [3.8, 4) is 11.1 Å². The summed E-state index contributed by atoms with van der Waals surface area (Å²) in [5, 5.41) is 0. The summed E-state index contributed by atoms with van der Waals surface area (Å²) in [5.74, 6) is 0. The first-order valence-corrected chi connectivity index (χ1v) is 6.46. The zero-order valence-electron chi connectivity index (χ0n) is 12.0. The molecule has 0 radical (unpaired) electrons. The highest BCUT2D eigenvalue weighted by atomic mass is 14.9. The second kappa shape index (κ2) is 4.56. The fraction of sp³-hybridized carbons (Fsp3) is 0.353.